The summed E-state index contributed by atoms with van der Waals surface area (Å²) in [5, 5.41) is 4.11. The number of ether oxygens (including phenoxy) is 1. The van der Waals surface area contributed by atoms with Gasteiger partial charge in [-0.1, -0.05) is 6.92 Å². The zero-order valence-electron chi connectivity index (χ0n) is 11.1. The molecule has 21 heavy (non-hydrogen) atoms. The standard InChI is InChI=1S/C11H13F3N4O3/c1-2-6-7-8(9(19)16-10(20)15-7)18(17-6)3-4-21-5-11(12,13)14/h2-5H2,1H3,(H2,15,16,19,20). The van der Waals surface area contributed by atoms with E-state index in [9.17, 15) is 22.8 Å². The normalized spacial score (nSPS) is 12.2. The van der Waals surface area contributed by atoms with Crippen molar-refractivity contribution in [2.75, 3.05) is 13.2 Å². The summed E-state index contributed by atoms with van der Waals surface area (Å²) >= 11 is 0. The van der Waals surface area contributed by atoms with Gasteiger partial charge in [0.25, 0.3) is 5.56 Å². The molecule has 0 radical (unpaired) electrons. The molecule has 10 heteroatoms. The van der Waals surface area contributed by atoms with E-state index in [-0.39, 0.29) is 18.7 Å². The van der Waals surface area contributed by atoms with Crippen molar-refractivity contribution in [2.24, 2.45) is 0 Å². The van der Waals surface area contributed by atoms with Gasteiger partial charge >= 0.3 is 11.9 Å². The lowest BCUT2D eigenvalue weighted by Gasteiger charge is -2.07. The van der Waals surface area contributed by atoms with Crippen LogP contribution in [0.2, 0.25) is 0 Å². The molecule has 0 atom stereocenters. The van der Waals surface area contributed by atoms with Crippen molar-refractivity contribution in [1.29, 1.82) is 0 Å². The van der Waals surface area contributed by atoms with E-state index < -0.39 is 24.0 Å². The fourth-order valence-electron chi connectivity index (χ4n) is 1.93. The number of nitrogens with one attached hydrogen (secondary N) is 2. The van der Waals surface area contributed by atoms with Crippen LogP contribution >= 0.6 is 0 Å². The summed E-state index contributed by atoms with van der Waals surface area (Å²) in [4.78, 5) is 27.6. The number of rotatable bonds is 5. The Morgan fingerprint density at radius 2 is 2.00 bits per heavy atom. The van der Waals surface area contributed by atoms with Crippen LogP contribution in [-0.2, 0) is 17.7 Å². The van der Waals surface area contributed by atoms with Gasteiger partial charge in [0.05, 0.1) is 24.4 Å². The molecule has 0 aliphatic rings. The highest BCUT2D eigenvalue weighted by Crippen LogP contribution is 2.15. The van der Waals surface area contributed by atoms with E-state index in [4.69, 9.17) is 0 Å². The highest BCUT2D eigenvalue weighted by atomic mass is 19.4. The van der Waals surface area contributed by atoms with Crippen molar-refractivity contribution < 1.29 is 17.9 Å². The van der Waals surface area contributed by atoms with E-state index >= 15 is 0 Å². The molecule has 7 nitrogen and oxygen atoms in total. The Bertz CT molecular complexity index is 744. The van der Waals surface area contributed by atoms with E-state index in [1.807, 2.05) is 0 Å². The number of hydrogen-bond donors (Lipinski definition) is 2. The number of H-pyrrole nitrogens is 2. The second kappa shape index (κ2) is 5.72. The molecular weight excluding hydrogens is 293 g/mol. The van der Waals surface area contributed by atoms with Crippen molar-refractivity contribution in [2.45, 2.75) is 26.1 Å². The summed E-state index contributed by atoms with van der Waals surface area (Å²) in [7, 11) is 0. The van der Waals surface area contributed by atoms with Crippen LogP contribution in [0, 0.1) is 0 Å². The number of halogens is 3. The molecular formula is C11H13F3N4O3. The first-order chi connectivity index (χ1) is 9.81. The molecule has 2 aromatic heterocycles. The Morgan fingerprint density at radius 3 is 2.62 bits per heavy atom. The predicted molar refractivity (Wildman–Crippen MR) is 67.2 cm³/mol. The first kappa shape index (κ1) is 15.3. The summed E-state index contributed by atoms with van der Waals surface area (Å²) in [6.07, 6.45) is -3.93. The van der Waals surface area contributed by atoms with Gasteiger partial charge in [-0.15, -0.1) is 0 Å². The molecule has 0 bridgehead atoms. The molecule has 0 saturated heterocycles. The highest BCUT2D eigenvalue weighted by molar-refractivity contribution is 5.76. The molecule has 2 rings (SSSR count). The van der Waals surface area contributed by atoms with Gasteiger partial charge in [-0.05, 0) is 6.42 Å². The van der Waals surface area contributed by atoms with E-state index in [0.717, 1.165) is 0 Å². The van der Waals surface area contributed by atoms with E-state index in [0.29, 0.717) is 17.6 Å². The molecule has 0 unspecified atom stereocenters. The van der Waals surface area contributed by atoms with Crippen molar-refractivity contribution in [3.8, 4) is 0 Å². The minimum absolute atomic E-state index is 0.0261. The Hall–Kier alpha value is -2.10. The van der Waals surface area contributed by atoms with Crippen LogP contribution in [0.1, 0.15) is 12.6 Å². The quantitative estimate of drug-likeness (QED) is 0.789. The maximum atomic E-state index is 12.0. The number of aromatic nitrogens is 4. The van der Waals surface area contributed by atoms with E-state index in [1.165, 1.54) is 4.68 Å². The van der Waals surface area contributed by atoms with E-state index in [2.05, 4.69) is 19.8 Å². The first-order valence-electron chi connectivity index (χ1n) is 6.18. The minimum atomic E-state index is -4.40. The highest BCUT2D eigenvalue weighted by Gasteiger charge is 2.27. The summed E-state index contributed by atoms with van der Waals surface area (Å²) in [6.45, 7) is 0.144. The maximum Gasteiger partial charge on any atom is 0.411 e. The second-order valence-electron chi connectivity index (χ2n) is 4.32. The third-order valence-electron chi connectivity index (χ3n) is 2.75. The van der Waals surface area contributed by atoms with Crippen molar-refractivity contribution in [1.82, 2.24) is 19.7 Å². The number of aryl methyl sites for hydroxylation is 1. The SMILES string of the molecule is CCc1nn(CCOCC(F)(F)F)c2c(=O)[nH]c(=O)[nH]c12. The number of fused-ring (bicyclic) bond motifs is 1. The van der Waals surface area contributed by atoms with Gasteiger partial charge in [-0.3, -0.25) is 14.5 Å². The molecule has 0 fully saturated rings. The third-order valence-corrected chi connectivity index (χ3v) is 2.75. The van der Waals surface area contributed by atoms with Crippen LogP contribution in [0.25, 0.3) is 11.0 Å². The van der Waals surface area contributed by atoms with Crippen molar-refractivity contribution in [3.63, 3.8) is 0 Å². The molecule has 2 N–H and O–H groups in total. The van der Waals surface area contributed by atoms with Crippen molar-refractivity contribution in [3.05, 3.63) is 26.5 Å². The van der Waals surface area contributed by atoms with Gasteiger partial charge in [0, 0.05) is 0 Å². The zero-order chi connectivity index (χ0) is 15.6. The molecule has 0 aliphatic heterocycles. The fraction of sp³-hybridized carbons (Fsp3) is 0.545. The lowest BCUT2D eigenvalue weighted by Crippen LogP contribution is -2.24. The molecule has 2 heterocycles. The number of nitrogens with zero attached hydrogens (tertiary/aromatic N) is 2. The van der Waals surface area contributed by atoms with Gasteiger partial charge in [0.1, 0.15) is 6.61 Å². The van der Waals surface area contributed by atoms with Crippen LogP contribution < -0.4 is 11.2 Å². The van der Waals surface area contributed by atoms with Crippen LogP contribution in [0.15, 0.2) is 9.59 Å². The number of alkyl halides is 3. The molecule has 2 aromatic rings. The average molecular weight is 306 g/mol. The maximum absolute atomic E-state index is 12.0. The molecule has 0 aliphatic carbocycles. The first-order valence-corrected chi connectivity index (χ1v) is 6.18. The van der Waals surface area contributed by atoms with E-state index in [1.54, 1.807) is 6.92 Å². The number of aromatic amines is 2. The lowest BCUT2D eigenvalue weighted by atomic mass is 10.3. The molecule has 0 saturated carbocycles. The Kier molecular flexibility index (Phi) is 4.16. The molecule has 116 valence electrons. The zero-order valence-corrected chi connectivity index (χ0v) is 11.1. The Morgan fingerprint density at radius 1 is 1.29 bits per heavy atom. The summed E-state index contributed by atoms with van der Waals surface area (Å²) in [5.74, 6) is 0. The van der Waals surface area contributed by atoms with Gasteiger partial charge < -0.3 is 9.72 Å². The van der Waals surface area contributed by atoms with Gasteiger partial charge in [-0.2, -0.15) is 18.3 Å². The van der Waals surface area contributed by atoms with Crippen LogP contribution in [0.5, 0.6) is 0 Å². The average Bonchev–Trinajstić information content (AvgIpc) is 2.71. The third kappa shape index (κ3) is 3.51. The lowest BCUT2D eigenvalue weighted by molar-refractivity contribution is -0.174. The van der Waals surface area contributed by atoms with Crippen LogP contribution in [-0.4, -0.2) is 39.1 Å². The molecule has 0 aromatic carbocycles. The molecule has 0 spiro atoms. The largest absolute Gasteiger partial charge is 0.411 e. The van der Waals surface area contributed by atoms with Crippen LogP contribution in [0.3, 0.4) is 0 Å². The monoisotopic (exact) mass is 306 g/mol. The van der Waals surface area contributed by atoms with Gasteiger partial charge in [-0.25, -0.2) is 4.79 Å². The number of hydrogen-bond acceptors (Lipinski definition) is 4. The minimum Gasteiger partial charge on any atom is -0.370 e. The fourth-order valence-corrected chi connectivity index (χ4v) is 1.93. The van der Waals surface area contributed by atoms with Gasteiger partial charge in [0.2, 0.25) is 0 Å². The van der Waals surface area contributed by atoms with Gasteiger partial charge in [0.15, 0.2) is 5.52 Å². The second-order valence-corrected chi connectivity index (χ2v) is 4.32. The predicted octanol–water partition coefficient (Wildman–Crippen LogP) is 0.554. The Labute approximate surface area is 115 Å². The van der Waals surface area contributed by atoms with Crippen LogP contribution in [0.4, 0.5) is 13.2 Å². The summed E-state index contributed by atoms with van der Waals surface area (Å²) < 4.78 is 41.6. The topological polar surface area (TPSA) is 92.8 Å². The molecule has 0 amide bonds. The smallest absolute Gasteiger partial charge is 0.370 e. The summed E-state index contributed by atoms with van der Waals surface area (Å²) in [6, 6.07) is 0. The Balaban J connectivity index is 2.24. The summed E-state index contributed by atoms with van der Waals surface area (Å²) in [5.41, 5.74) is -0.403. The van der Waals surface area contributed by atoms with Crippen molar-refractivity contribution >= 4 is 11.0 Å².